The molecule has 22 heavy (non-hydrogen) atoms. The largest absolute Gasteiger partial charge is 0.463 e. The van der Waals surface area contributed by atoms with Crippen LogP contribution in [0.2, 0.25) is 0 Å². The second kappa shape index (κ2) is 12.2. The lowest BCUT2D eigenvalue weighted by Crippen LogP contribution is -2.29. The molecule has 6 heteroatoms. The van der Waals surface area contributed by atoms with Crippen molar-refractivity contribution in [1.82, 2.24) is 0 Å². The van der Waals surface area contributed by atoms with E-state index in [-0.39, 0.29) is 17.5 Å². The van der Waals surface area contributed by atoms with Crippen molar-refractivity contribution < 1.29 is 23.5 Å². The van der Waals surface area contributed by atoms with Crippen molar-refractivity contribution in [2.24, 2.45) is 0 Å². The molecule has 0 aromatic carbocycles. The molecule has 0 aliphatic carbocycles. The highest BCUT2D eigenvalue weighted by Crippen LogP contribution is 2.22. The highest BCUT2D eigenvalue weighted by atomic mass is 28.2. The van der Waals surface area contributed by atoms with Gasteiger partial charge in [0.15, 0.2) is 0 Å². The zero-order valence-electron chi connectivity index (χ0n) is 14.1. The van der Waals surface area contributed by atoms with Gasteiger partial charge in [-0.2, -0.15) is 0 Å². The molecule has 0 saturated carbocycles. The van der Waals surface area contributed by atoms with Gasteiger partial charge in [-0.1, -0.05) is 12.2 Å². The third-order valence-corrected chi connectivity index (χ3v) is 4.27. The molecule has 0 saturated heterocycles. The van der Waals surface area contributed by atoms with Crippen molar-refractivity contribution in [3.05, 3.63) is 24.3 Å². The second-order valence-electron chi connectivity index (χ2n) is 5.20. The topological polar surface area (TPSA) is 61.8 Å². The Morgan fingerprint density at radius 2 is 1.36 bits per heavy atom. The molecule has 126 valence electrons. The summed E-state index contributed by atoms with van der Waals surface area (Å²) in [7, 11) is 0.641. The van der Waals surface area contributed by atoms with Gasteiger partial charge in [0.25, 0.3) is 0 Å². The SMILES string of the molecule is CC=CC(=O)OCCCC(C)(CCCOC(=O)C=CC)O[SiH3]. The molecule has 0 heterocycles. The lowest BCUT2D eigenvalue weighted by molar-refractivity contribution is -0.138. The third-order valence-electron chi connectivity index (χ3n) is 3.29. The second-order valence-corrected chi connectivity index (χ2v) is 5.60. The summed E-state index contributed by atoms with van der Waals surface area (Å²) in [5, 5.41) is 0. The van der Waals surface area contributed by atoms with Gasteiger partial charge < -0.3 is 13.9 Å². The molecular formula is C16H28O5Si. The van der Waals surface area contributed by atoms with Crippen molar-refractivity contribution in [3.8, 4) is 0 Å². The van der Waals surface area contributed by atoms with Crippen LogP contribution in [0.3, 0.4) is 0 Å². The van der Waals surface area contributed by atoms with Crippen LogP contribution in [0, 0.1) is 0 Å². The quantitative estimate of drug-likeness (QED) is 0.251. The molecule has 0 aromatic heterocycles. The fourth-order valence-corrected chi connectivity index (χ4v) is 2.34. The van der Waals surface area contributed by atoms with Crippen LogP contribution in [0.4, 0.5) is 0 Å². The van der Waals surface area contributed by atoms with Gasteiger partial charge in [-0.05, 0) is 46.5 Å². The van der Waals surface area contributed by atoms with Crippen LogP contribution in [0.15, 0.2) is 24.3 Å². The lowest BCUT2D eigenvalue weighted by Gasteiger charge is -2.29. The maximum absolute atomic E-state index is 11.2. The number of esters is 2. The monoisotopic (exact) mass is 328 g/mol. The van der Waals surface area contributed by atoms with E-state index in [2.05, 4.69) is 0 Å². The third kappa shape index (κ3) is 10.3. The summed E-state index contributed by atoms with van der Waals surface area (Å²) in [5.41, 5.74) is -0.244. The van der Waals surface area contributed by atoms with Crippen LogP contribution in [-0.2, 0) is 23.5 Å². The highest BCUT2D eigenvalue weighted by Gasteiger charge is 2.22. The summed E-state index contributed by atoms with van der Waals surface area (Å²) in [6.07, 6.45) is 9.24. The van der Waals surface area contributed by atoms with E-state index in [1.165, 1.54) is 12.2 Å². The van der Waals surface area contributed by atoms with Crippen molar-refractivity contribution in [1.29, 1.82) is 0 Å². The van der Waals surface area contributed by atoms with E-state index >= 15 is 0 Å². The Labute approximate surface area is 136 Å². The molecule has 0 fully saturated rings. The number of hydrogen-bond donors (Lipinski definition) is 0. The van der Waals surface area contributed by atoms with Gasteiger partial charge in [-0.3, -0.25) is 0 Å². The molecule has 0 N–H and O–H groups in total. The first-order valence-electron chi connectivity index (χ1n) is 7.61. The van der Waals surface area contributed by atoms with Crippen LogP contribution >= 0.6 is 0 Å². The molecule has 0 bridgehead atoms. The maximum atomic E-state index is 11.2. The first-order valence-corrected chi connectivity index (χ1v) is 8.43. The van der Waals surface area contributed by atoms with E-state index < -0.39 is 0 Å². The van der Waals surface area contributed by atoms with Crippen molar-refractivity contribution >= 4 is 22.4 Å². The summed E-state index contributed by atoms with van der Waals surface area (Å²) in [4.78, 5) is 22.4. The average Bonchev–Trinajstić information content (AvgIpc) is 2.49. The number of allylic oxidation sites excluding steroid dienone is 2. The molecule has 5 nitrogen and oxygen atoms in total. The summed E-state index contributed by atoms with van der Waals surface area (Å²) in [6, 6.07) is 0. The van der Waals surface area contributed by atoms with E-state index in [9.17, 15) is 9.59 Å². The van der Waals surface area contributed by atoms with E-state index in [0.29, 0.717) is 23.7 Å². The first kappa shape index (κ1) is 20.6. The summed E-state index contributed by atoms with van der Waals surface area (Å²) >= 11 is 0. The highest BCUT2D eigenvalue weighted by molar-refractivity contribution is 5.98. The number of carbonyl (C=O) groups excluding carboxylic acids is 2. The van der Waals surface area contributed by atoms with Crippen molar-refractivity contribution in [2.45, 2.75) is 52.1 Å². The van der Waals surface area contributed by atoms with Crippen LogP contribution < -0.4 is 0 Å². The zero-order chi connectivity index (χ0) is 16.8. The van der Waals surface area contributed by atoms with E-state index in [0.717, 1.165) is 25.7 Å². The predicted octanol–water partition coefficient (Wildman–Crippen LogP) is 1.84. The summed E-state index contributed by atoms with van der Waals surface area (Å²) in [5.74, 6) is -0.626. The maximum Gasteiger partial charge on any atom is 0.330 e. The van der Waals surface area contributed by atoms with Crippen molar-refractivity contribution in [3.63, 3.8) is 0 Å². The van der Waals surface area contributed by atoms with E-state index in [1.807, 2.05) is 6.92 Å². The number of ether oxygens (including phenoxy) is 2. The Bertz CT molecular complexity index is 358. The van der Waals surface area contributed by atoms with Gasteiger partial charge in [0.1, 0.15) is 10.5 Å². The van der Waals surface area contributed by atoms with Crippen LogP contribution in [0.1, 0.15) is 46.5 Å². The van der Waals surface area contributed by atoms with Gasteiger partial charge in [-0.25, -0.2) is 9.59 Å². The average molecular weight is 328 g/mol. The van der Waals surface area contributed by atoms with Crippen LogP contribution in [0.25, 0.3) is 0 Å². The normalized spacial score (nSPS) is 14.3. The van der Waals surface area contributed by atoms with Crippen LogP contribution in [0.5, 0.6) is 0 Å². The molecule has 0 radical (unpaired) electrons. The Morgan fingerprint density at radius 3 is 1.68 bits per heavy atom. The Hall–Kier alpha value is -1.40. The summed E-state index contributed by atoms with van der Waals surface area (Å²) < 4.78 is 15.8. The standard InChI is InChI=1S/C16H28O5Si/c1-4-8-14(17)19-12-6-10-16(3,21-22)11-7-13-20-15(18)9-5-2/h4-5,8-9H,6-7,10-13H2,1-3,22H3. The predicted molar refractivity (Wildman–Crippen MR) is 89.4 cm³/mol. The fourth-order valence-electron chi connectivity index (χ4n) is 1.94. The van der Waals surface area contributed by atoms with Gasteiger partial charge in [0.2, 0.25) is 0 Å². The van der Waals surface area contributed by atoms with E-state index in [4.69, 9.17) is 13.9 Å². The lowest BCUT2D eigenvalue weighted by atomic mass is 9.95. The number of rotatable bonds is 11. The minimum atomic E-state index is -0.313. The van der Waals surface area contributed by atoms with Gasteiger partial charge >= 0.3 is 11.9 Å². The zero-order valence-corrected chi connectivity index (χ0v) is 16.1. The molecule has 0 aliphatic heterocycles. The van der Waals surface area contributed by atoms with E-state index in [1.54, 1.807) is 26.0 Å². The van der Waals surface area contributed by atoms with Crippen LogP contribution in [-0.4, -0.2) is 41.2 Å². The fraction of sp³-hybridized carbons (Fsp3) is 0.625. The van der Waals surface area contributed by atoms with Gasteiger partial charge in [-0.15, -0.1) is 0 Å². The Morgan fingerprint density at radius 1 is 0.955 bits per heavy atom. The Balaban J connectivity index is 3.93. The smallest absolute Gasteiger partial charge is 0.330 e. The summed E-state index contributed by atoms with van der Waals surface area (Å²) in [6.45, 7) is 6.37. The minimum absolute atomic E-state index is 0.244. The molecule has 0 atom stereocenters. The number of hydrogen-bond acceptors (Lipinski definition) is 5. The molecule has 0 rings (SSSR count). The van der Waals surface area contributed by atoms with Gasteiger partial charge in [0.05, 0.1) is 18.8 Å². The molecule has 0 aliphatic rings. The minimum Gasteiger partial charge on any atom is -0.463 e. The molecule has 0 amide bonds. The molecular weight excluding hydrogens is 300 g/mol. The van der Waals surface area contributed by atoms with Gasteiger partial charge in [0, 0.05) is 12.2 Å². The Kier molecular flexibility index (Phi) is 11.4. The molecule has 0 spiro atoms. The first-order chi connectivity index (χ1) is 10.5. The molecule has 0 unspecified atom stereocenters. The molecule has 0 aromatic rings. The van der Waals surface area contributed by atoms with Crippen molar-refractivity contribution in [2.75, 3.05) is 13.2 Å². The number of carbonyl (C=O) groups is 2.